The summed E-state index contributed by atoms with van der Waals surface area (Å²) in [6.45, 7) is 5.25. The van der Waals surface area contributed by atoms with Crippen molar-refractivity contribution in [2.24, 2.45) is 5.92 Å². The summed E-state index contributed by atoms with van der Waals surface area (Å²) >= 11 is 3.46. The fraction of sp³-hybridized carbons (Fsp3) is 0.500. The Bertz CT molecular complexity index is 552. The number of nitrogens with one attached hydrogen (secondary N) is 1. The van der Waals surface area contributed by atoms with Crippen LogP contribution in [-0.2, 0) is 13.0 Å². The third-order valence-electron chi connectivity index (χ3n) is 3.10. The minimum absolute atomic E-state index is 0.176. The predicted octanol–water partition coefficient (Wildman–Crippen LogP) is 2.59. The Labute approximate surface area is 128 Å². The molecular formula is C14H20BrN5. The molecule has 108 valence electrons. The summed E-state index contributed by atoms with van der Waals surface area (Å²) in [5.74, 6) is 1.55. The molecule has 1 unspecified atom stereocenters. The second kappa shape index (κ2) is 6.95. The van der Waals surface area contributed by atoms with Crippen molar-refractivity contribution in [2.45, 2.75) is 32.9 Å². The zero-order chi connectivity index (χ0) is 14.5. The van der Waals surface area contributed by atoms with Crippen LogP contribution in [0.15, 0.2) is 29.3 Å². The lowest BCUT2D eigenvalue weighted by Crippen LogP contribution is -2.22. The summed E-state index contributed by atoms with van der Waals surface area (Å²) in [6, 6.07) is 2.26. The second-order valence-electron chi connectivity index (χ2n) is 5.23. The van der Waals surface area contributed by atoms with Gasteiger partial charge in [-0.2, -0.15) is 5.10 Å². The van der Waals surface area contributed by atoms with Gasteiger partial charge in [0.1, 0.15) is 12.2 Å². The summed E-state index contributed by atoms with van der Waals surface area (Å²) in [6.07, 6.45) is 6.09. The Kier molecular flexibility index (Phi) is 5.25. The highest BCUT2D eigenvalue weighted by Gasteiger charge is 2.15. The van der Waals surface area contributed by atoms with Gasteiger partial charge in [0, 0.05) is 35.9 Å². The maximum atomic E-state index is 4.38. The number of hydrogen-bond donors (Lipinski definition) is 1. The first kappa shape index (κ1) is 15.1. The zero-order valence-corrected chi connectivity index (χ0v) is 13.6. The Balaban J connectivity index is 2.16. The topological polar surface area (TPSA) is 55.6 Å². The van der Waals surface area contributed by atoms with E-state index in [4.69, 9.17) is 0 Å². The summed E-state index contributed by atoms with van der Waals surface area (Å²) in [4.78, 5) is 8.61. The van der Waals surface area contributed by atoms with E-state index in [0.717, 1.165) is 28.8 Å². The molecule has 5 nitrogen and oxygen atoms in total. The molecule has 0 saturated heterocycles. The van der Waals surface area contributed by atoms with Crippen LogP contribution >= 0.6 is 15.9 Å². The van der Waals surface area contributed by atoms with Gasteiger partial charge in [-0.25, -0.2) is 9.67 Å². The van der Waals surface area contributed by atoms with Gasteiger partial charge < -0.3 is 5.32 Å². The summed E-state index contributed by atoms with van der Waals surface area (Å²) in [5, 5.41) is 7.63. The number of hydrogen-bond acceptors (Lipinski definition) is 4. The van der Waals surface area contributed by atoms with Crippen LogP contribution in [0.1, 0.15) is 31.3 Å². The van der Waals surface area contributed by atoms with Crippen molar-refractivity contribution in [3.8, 4) is 0 Å². The van der Waals surface area contributed by atoms with E-state index in [1.807, 2.05) is 17.9 Å². The third-order valence-corrected chi connectivity index (χ3v) is 3.53. The lowest BCUT2D eigenvalue weighted by Gasteiger charge is -2.17. The second-order valence-corrected chi connectivity index (χ2v) is 6.15. The fourth-order valence-corrected chi connectivity index (χ4v) is 2.52. The van der Waals surface area contributed by atoms with Gasteiger partial charge in [-0.05, 0) is 40.5 Å². The fourth-order valence-electron chi connectivity index (χ4n) is 2.13. The van der Waals surface area contributed by atoms with Crippen LogP contribution in [0.3, 0.4) is 0 Å². The smallest absolute Gasteiger partial charge is 0.138 e. The molecule has 0 bridgehead atoms. The van der Waals surface area contributed by atoms with Crippen molar-refractivity contribution in [1.29, 1.82) is 0 Å². The molecule has 6 heteroatoms. The highest BCUT2D eigenvalue weighted by Crippen LogP contribution is 2.20. The van der Waals surface area contributed by atoms with Crippen molar-refractivity contribution in [1.82, 2.24) is 25.1 Å². The molecule has 0 saturated carbocycles. The van der Waals surface area contributed by atoms with Gasteiger partial charge in [0.05, 0.1) is 0 Å². The van der Waals surface area contributed by atoms with Gasteiger partial charge in [0.25, 0.3) is 0 Å². The SMILES string of the molecule is CNC(Cc1ncnn1CC(C)C)c1cncc(Br)c1. The van der Waals surface area contributed by atoms with E-state index in [9.17, 15) is 0 Å². The highest BCUT2D eigenvalue weighted by molar-refractivity contribution is 9.10. The minimum Gasteiger partial charge on any atom is -0.313 e. The van der Waals surface area contributed by atoms with Crippen LogP contribution < -0.4 is 5.32 Å². The molecular weight excluding hydrogens is 318 g/mol. The third kappa shape index (κ3) is 3.86. The maximum Gasteiger partial charge on any atom is 0.138 e. The number of aromatic nitrogens is 4. The first-order valence-electron chi connectivity index (χ1n) is 6.74. The van der Waals surface area contributed by atoms with Crippen LogP contribution in [0.25, 0.3) is 0 Å². The molecule has 2 heterocycles. The van der Waals surface area contributed by atoms with Gasteiger partial charge in [-0.15, -0.1) is 0 Å². The molecule has 2 aromatic rings. The molecule has 1 N–H and O–H groups in total. The molecule has 0 radical (unpaired) electrons. The molecule has 0 aromatic carbocycles. The first-order valence-corrected chi connectivity index (χ1v) is 7.54. The number of rotatable bonds is 6. The number of likely N-dealkylation sites (N-methyl/N-ethyl adjacent to an activating group) is 1. The quantitative estimate of drug-likeness (QED) is 0.880. The zero-order valence-electron chi connectivity index (χ0n) is 12.0. The van der Waals surface area contributed by atoms with Gasteiger partial charge in [0.2, 0.25) is 0 Å². The monoisotopic (exact) mass is 337 g/mol. The Morgan fingerprint density at radius 3 is 2.80 bits per heavy atom. The lowest BCUT2D eigenvalue weighted by molar-refractivity contribution is 0.451. The van der Waals surface area contributed by atoms with Gasteiger partial charge >= 0.3 is 0 Å². The normalized spacial score (nSPS) is 12.8. The molecule has 0 amide bonds. The molecule has 0 fully saturated rings. The average Bonchev–Trinajstić information content (AvgIpc) is 2.82. The largest absolute Gasteiger partial charge is 0.313 e. The number of nitrogens with zero attached hydrogens (tertiary/aromatic N) is 4. The molecule has 1 atom stereocenters. The predicted molar refractivity (Wildman–Crippen MR) is 82.3 cm³/mol. The molecule has 0 aliphatic heterocycles. The van der Waals surface area contributed by atoms with E-state index in [1.165, 1.54) is 0 Å². The van der Waals surface area contributed by atoms with E-state index in [1.54, 1.807) is 12.5 Å². The molecule has 0 spiro atoms. The molecule has 2 aromatic heterocycles. The lowest BCUT2D eigenvalue weighted by atomic mass is 10.1. The molecule has 2 rings (SSSR count). The van der Waals surface area contributed by atoms with Crippen LogP contribution in [0.5, 0.6) is 0 Å². The van der Waals surface area contributed by atoms with Crippen LogP contribution in [0.4, 0.5) is 0 Å². The maximum absolute atomic E-state index is 4.38. The van der Waals surface area contributed by atoms with Gasteiger partial charge in [0.15, 0.2) is 0 Å². The molecule has 0 aliphatic rings. The van der Waals surface area contributed by atoms with Gasteiger partial charge in [-0.3, -0.25) is 4.98 Å². The average molecular weight is 338 g/mol. The standard InChI is InChI=1S/C14H20BrN5/c1-10(2)8-20-14(18-9-19-20)5-13(16-3)11-4-12(15)7-17-6-11/h4,6-7,9-10,13,16H,5,8H2,1-3H3. The van der Waals surface area contributed by atoms with Crippen molar-refractivity contribution in [2.75, 3.05) is 7.05 Å². The van der Waals surface area contributed by atoms with Crippen molar-refractivity contribution < 1.29 is 0 Å². The van der Waals surface area contributed by atoms with Crippen molar-refractivity contribution in [3.05, 3.63) is 40.6 Å². The Morgan fingerprint density at radius 2 is 2.15 bits per heavy atom. The summed E-state index contributed by atoms with van der Waals surface area (Å²) in [7, 11) is 1.95. The Morgan fingerprint density at radius 1 is 1.35 bits per heavy atom. The van der Waals surface area contributed by atoms with E-state index in [0.29, 0.717) is 5.92 Å². The van der Waals surface area contributed by atoms with E-state index < -0.39 is 0 Å². The van der Waals surface area contributed by atoms with Crippen molar-refractivity contribution >= 4 is 15.9 Å². The van der Waals surface area contributed by atoms with E-state index in [-0.39, 0.29) is 6.04 Å². The van der Waals surface area contributed by atoms with Crippen LogP contribution in [-0.4, -0.2) is 26.8 Å². The molecule has 20 heavy (non-hydrogen) atoms. The Hall–Kier alpha value is -1.27. The number of halogens is 1. The van der Waals surface area contributed by atoms with Crippen molar-refractivity contribution in [3.63, 3.8) is 0 Å². The van der Waals surface area contributed by atoms with Gasteiger partial charge in [-0.1, -0.05) is 13.8 Å². The van der Waals surface area contributed by atoms with E-state index >= 15 is 0 Å². The summed E-state index contributed by atoms with van der Waals surface area (Å²) < 4.78 is 2.97. The van der Waals surface area contributed by atoms with Crippen LogP contribution in [0, 0.1) is 5.92 Å². The number of pyridine rings is 1. The summed E-state index contributed by atoms with van der Waals surface area (Å²) in [5.41, 5.74) is 1.14. The minimum atomic E-state index is 0.176. The first-order chi connectivity index (χ1) is 9.60. The van der Waals surface area contributed by atoms with E-state index in [2.05, 4.69) is 56.2 Å². The molecule has 0 aliphatic carbocycles. The van der Waals surface area contributed by atoms with Crippen LogP contribution in [0.2, 0.25) is 0 Å². The highest BCUT2D eigenvalue weighted by atomic mass is 79.9.